The predicted octanol–water partition coefficient (Wildman–Crippen LogP) is 6.43. The van der Waals surface area contributed by atoms with Crippen molar-refractivity contribution in [3.8, 4) is 0 Å². The van der Waals surface area contributed by atoms with Gasteiger partial charge in [0, 0.05) is 0 Å². The molecule has 0 aliphatic rings. The molecule has 0 aliphatic carbocycles. The summed E-state index contributed by atoms with van der Waals surface area (Å²) in [6, 6.07) is 0. The highest BCUT2D eigenvalue weighted by molar-refractivity contribution is 4.69. The maximum absolute atomic E-state index is 3.67. The molecule has 0 saturated carbocycles. The van der Waals surface area contributed by atoms with Gasteiger partial charge in [-0.1, -0.05) is 92.4 Å². The van der Waals surface area contributed by atoms with Gasteiger partial charge < -0.3 is 5.32 Å². The van der Waals surface area contributed by atoms with E-state index in [2.05, 4.69) is 39.9 Å². The van der Waals surface area contributed by atoms with E-state index in [1.807, 2.05) is 0 Å². The Labute approximate surface area is 135 Å². The highest BCUT2D eigenvalue weighted by Crippen LogP contribution is 2.19. The third-order valence-corrected chi connectivity index (χ3v) is 4.80. The summed E-state index contributed by atoms with van der Waals surface area (Å²) in [4.78, 5) is 0. The van der Waals surface area contributed by atoms with Crippen molar-refractivity contribution in [2.75, 3.05) is 13.1 Å². The fraction of sp³-hybridized carbons (Fsp3) is 1.00. The Morgan fingerprint density at radius 2 is 1.05 bits per heavy atom. The van der Waals surface area contributed by atoms with Gasteiger partial charge in [0.05, 0.1) is 0 Å². The quantitative estimate of drug-likeness (QED) is 0.344. The second-order valence-electron chi connectivity index (χ2n) is 7.54. The number of unbranched alkanes of at least 4 members (excludes halogenated alkanes) is 9. The molecule has 0 heterocycles. The minimum atomic E-state index is 0.796. The first-order valence-corrected chi connectivity index (χ1v) is 9.80. The number of rotatable bonds is 15. The first-order chi connectivity index (χ1) is 10.1. The zero-order valence-electron chi connectivity index (χ0n) is 15.7. The van der Waals surface area contributed by atoms with Crippen LogP contribution < -0.4 is 5.32 Å². The minimum Gasteiger partial charge on any atom is -0.316 e. The molecule has 1 nitrogen and oxygen atoms in total. The number of nitrogens with one attached hydrogen (secondary N) is 1. The summed E-state index contributed by atoms with van der Waals surface area (Å²) in [6.45, 7) is 14.1. The van der Waals surface area contributed by atoms with E-state index in [1.165, 1.54) is 77.3 Å². The lowest BCUT2D eigenvalue weighted by molar-refractivity contribution is 0.275. The second kappa shape index (κ2) is 14.9. The molecule has 0 rings (SSSR count). The van der Waals surface area contributed by atoms with Crippen molar-refractivity contribution < 1.29 is 0 Å². The fourth-order valence-corrected chi connectivity index (χ4v) is 3.25. The monoisotopic (exact) mass is 297 g/mol. The highest BCUT2D eigenvalue weighted by Gasteiger charge is 2.16. The number of hydrogen-bond donors (Lipinski definition) is 1. The van der Waals surface area contributed by atoms with Gasteiger partial charge in [-0.2, -0.15) is 0 Å². The summed E-state index contributed by atoms with van der Waals surface area (Å²) in [5, 5.41) is 3.67. The van der Waals surface area contributed by atoms with Crippen LogP contribution in [-0.2, 0) is 0 Å². The molecule has 0 aromatic rings. The maximum Gasteiger partial charge on any atom is -0.00156 e. The van der Waals surface area contributed by atoms with Crippen LogP contribution in [0.1, 0.15) is 98.8 Å². The Bertz CT molecular complexity index is 190. The molecule has 1 N–H and O–H groups in total. The van der Waals surface area contributed by atoms with Crippen LogP contribution in [0.15, 0.2) is 0 Å². The fourth-order valence-electron chi connectivity index (χ4n) is 3.25. The molecule has 0 spiro atoms. The van der Waals surface area contributed by atoms with Crippen molar-refractivity contribution in [3.05, 3.63) is 0 Å². The molecule has 0 unspecified atom stereocenters. The average molecular weight is 298 g/mol. The zero-order chi connectivity index (χ0) is 15.9. The van der Waals surface area contributed by atoms with Crippen LogP contribution in [0.25, 0.3) is 0 Å². The van der Waals surface area contributed by atoms with Crippen LogP contribution in [0, 0.1) is 17.8 Å². The van der Waals surface area contributed by atoms with Crippen LogP contribution >= 0.6 is 0 Å². The molecule has 0 bridgehead atoms. The normalized spacial score (nSPS) is 12.0. The van der Waals surface area contributed by atoms with Gasteiger partial charge >= 0.3 is 0 Å². The van der Waals surface area contributed by atoms with Gasteiger partial charge in [-0.15, -0.1) is 0 Å². The van der Waals surface area contributed by atoms with E-state index in [4.69, 9.17) is 0 Å². The van der Waals surface area contributed by atoms with E-state index < -0.39 is 0 Å². The van der Waals surface area contributed by atoms with E-state index in [1.54, 1.807) is 0 Å². The van der Waals surface area contributed by atoms with Crippen LogP contribution in [0.4, 0.5) is 0 Å². The van der Waals surface area contributed by atoms with Gasteiger partial charge in [0.15, 0.2) is 0 Å². The van der Waals surface area contributed by atoms with Crippen molar-refractivity contribution in [3.63, 3.8) is 0 Å². The Morgan fingerprint density at radius 1 is 0.619 bits per heavy atom. The van der Waals surface area contributed by atoms with Crippen LogP contribution in [0.3, 0.4) is 0 Å². The lowest BCUT2D eigenvalue weighted by Crippen LogP contribution is -2.30. The Balaban J connectivity index is 3.25. The standard InChI is InChI=1S/C20H43N/c1-6-7-8-9-10-11-12-13-14-15-16-21-17-20(18(2)3)19(4)5/h18-21H,6-17H2,1-5H3. The molecule has 0 aromatic carbocycles. The number of hydrogen-bond acceptors (Lipinski definition) is 1. The van der Waals surface area contributed by atoms with Gasteiger partial charge in [0.1, 0.15) is 0 Å². The van der Waals surface area contributed by atoms with Gasteiger partial charge in [-0.25, -0.2) is 0 Å². The first kappa shape index (κ1) is 21.0. The summed E-state index contributed by atoms with van der Waals surface area (Å²) in [6.07, 6.45) is 14.3. The maximum atomic E-state index is 3.67. The molecule has 0 amide bonds. The summed E-state index contributed by atoms with van der Waals surface area (Å²) in [5.74, 6) is 2.42. The molecular weight excluding hydrogens is 254 g/mol. The lowest BCUT2D eigenvalue weighted by atomic mass is 9.85. The average Bonchev–Trinajstić information content (AvgIpc) is 2.43. The molecule has 0 aromatic heterocycles. The third-order valence-electron chi connectivity index (χ3n) is 4.80. The van der Waals surface area contributed by atoms with E-state index in [0.29, 0.717) is 0 Å². The van der Waals surface area contributed by atoms with Crippen molar-refractivity contribution in [1.82, 2.24) is 5.32 Å². The van der Waals surface area contributed by atoms with Crippen molar-refractivity contribution in [2.45, 2.75) is 98.8 Å². The smallest absolute Gasteiger partial charge is 0.00156 e. The van der Waals surface area contributed by atoms with Gasteiger partial charge in [0.2, 0.25) is 0 Å². The summed E-state index contributed by atoms with van der Waals surface area (Å²) in [7, 11) is 0. The summed E-state index contributed by atoms with van der Waals surface area (Å²) < 4.78 is 0. The molecule has 0 radical (unpaired) electrons. The minimum absolute atomic E-state index is 0.796. The molecule has 0 atom stereocenters. The van der Waals surface area contributed by atoms with Crippen LogP contribution in [0.5, 0.6) is 0 Å². The zero-order valence-corrected chi connectivity index (χ0v) is 15.7. The lowest BCUT2D eigenvalue weighted by Gasteiger charge is -2.25. The van der Waals surface area contributed by atoms with Crippen molar-refractivity contribution in [2.24, 2.45) is 17.8 Å². The highest BCUT2D eigenvalue weighted by atomic mass is 14.9. The summed E-state index contributed by atoms with van der Waals surface area (Å²) >= 11 is 0. The molecule has 0 aliphatic heterocycles. The molecule has 0 saturated heterocycles. The predicted molar refractivity (Wildman–Crippen MR) is 97.9 cm³/mol. The van der Waals surface area contributed by atoms with E-state index in [-0.39, 0.29) is 0 Å². The Morgan fingerprint density at radius 3 is 1.48 bits per heavy atom. The summed E-state index contributed by atoms with van der Waals surface area (Å²) in [5.41, 5.74) is 0. The molecule has 1 heteroatoms. The van der Waals surface area contributed by atoms with Crippen molar-refractivity contribution in [1.29, 1.82) is 0 Å². The second-order valence-corrected chi connectivity index (χ2v) is 7.54. The Hall–Kier alpha value is -0.0400. The Kier molecular flexibility index (Phi) is 14.9. The van der Waals surface area contributed by atoms with E-state index in [0.717, 1.165) is 17.8 Å². The van der Waals surface area contributed by atoms with E-state index in [9.17, 15) is 0 Å². The van der Waals surface area contributed by atoms with Gasteiger partial charge in [-0.05, 0) is 37.3 Å². The van der Waals surface area contributed by atoms with E-state index >= 15 is 0 Å². The van der Waals surface area contributed by atoms with Gasteiger partial charge in [-0.3, -0.25) is 0 Å². The SMILES string of the molecule is CCCCCCCCCCCCNCC(C(C)C)C(C)C. The molecule has 0 fully saturated rings. The van der Waals surface area contributed by atoms with Gasteiger partial charge in [0.25, 0.3) is 0 Å². The van der Waals surface area contributed by atoms with Crippen molar-refractivity contribution >= 4 is 0 Å². The first-order valence-electron chi connectivity index (χ1n) is 9.80. The molecular formula is C20H43N. The topological polar surface area (TPSA) is 12.0 Å². The third kappa shape index (κ3) is 13.4. The molecule has 128 valence electrons. The van der Waals surface area contributed by atoms with Crippen LogP contribution in [0.2, 0.25) is 0 Å². The molecule has 21 heavy (non-hydrogen) atoms. The van der Waals surface area contributed by atoms with Crippen LogP contribution in [-0.4, -0.2) is 13.1 Å². The largest absolute Gasteiger partial charge is 0.316 e.